The predicted molar refractivity (Wildman–Crippen MR) is 112 cm³/mol. The van der Waals surface area contributed by atoms with E-state index < -0.39 is 5.97 Å². The largest absolute Gasteiger partial charge is 0.481 e. The van der Waals surface area contributed by atoms with Crippen LogP contribution >= 0.6 is 0 Å². The number of benzene rings is 1. The maximum absolute atomic E-state index is 11.2. The summed E-state index contributed by atoms with van der Waals surface area (Å²) in [5.74, 6) is 1.50. The van der Waals surface area contributed by atoms with Gasteiger partial charge in [-0.25, -0.2) is 0 Å². The van der Waals surface area contributed by atoms with Gasteiger partial charge in [0, 0.05) is 12.8 Å². The topological polar surface area (TPSA) is 63.6 Å². The predicted octanol–water partition coefficient (Wildman–Crippen LogP) is 6.19. The zero-order valence-electron chi connectivity index (χ0n) is 18.5. The van der Waals surface area contributed by atoms with Crippen LogP contribution in [0, 0.1) is 23.7 Å². The molecule has 0 saturated heterocycles. The van der Waals surface area contributed by atoms with Gasteiger partial charge in [-0.2, -0.15) is 0 Å². The molecule has 1 aromatic carbocycles. The first-order chi connectivity index (χ1) is 12.5. The van der Waals surface area contributed by atoms with Crippen LogP contribution in [0.2, 0.25) is 0 Å². The normalized spacial score (nSPS) is 10.2. The van der Waals surface area contributed by atoms with E-state index in [1.165, 1.54) is 0 Å². The molecule has 0 fully saturated rings. The molecule has 0 bridgehead atoms. The standard InChI is InChI=1S/C12H16O2.C6H14.C5H10O2/c1-10(2)8-12(13)14-9-11-6-4-3-5-7-11;1-5(2)6(3)4;1-4(2)3-5(6)7/h3-7,10H,8-9H2,1-2H3;5-6H,1-4H3;4H,3H2,1-2H3,(H,6,7). The van der Waals surface area contributed by atoms with Crippen molar-refractivity contribution in [1.29, 1.82) is 0 Å². The zero-order chi connectivity index (χ0) is 21.4. The Kier molecular flexibility index (Phi) is 16.6. The molecule has 0 atom stereocenters. The van der Waals surface area contributed by atoms with Crippen LogP contribution in [0.5, 0.6) is 0 Å². The van der Waals surface area contributed by atoms with Crippen molar-refractivity contribution in [3.05, 3.63) is 35.9 Å². The molecule has 0 amide bonds. The third-order valence-corrected chi connectivity index (χ3v) is 3.73. The molecule has 1 rings (SSSR count). The molecule has 0 unspecified atom stereocenters. The second kappa shape index (κ2) is 16.3. The summed E-state index contributed by atoms with van der Waals surface area (Å²) in [5.41, 5.74) is 1.03. The Hall–Kier alpha value is -1.84. The van der Waals surface area contributed by atoms with Gasteiger partial charge in [-0.3, -0.25) is 9.59 Å². The first kappa shape index (κ1) is 27.4. The Labute approximate surface area is 166 Å². The molecule has 4 heteroatoms. The molecular weight excluding hydrogens is 340 g/mol. The van der Waals surface area contributed by atoms with Crippen LogP contribution in [0.3, 0.4) is 0 Å². The monoisotopic (exact) mass is 380 g/mol. The number of carboxylic acids is 1. The first-order valence-electron chi connectivity index (χ1n) is 9.86. The van der Waals surface area contributed by atoms with Gasteiger partial charge in [0.15, 0.2) is 0 Å². The van der Waals surface area contributed by atoms with Gasteiger partial charge in [-0.15, -0.1) is 0 Å². The Balaban J connectivity index is 0. The quantitative estimate of drug-likeness (QED) is 0.573. The molecule has 0 aliphatic rings. The number of rotatable bonds is 7. The molecule has 0 radical (unpaired) electrons. The Morgan fingerprint density at radius 2 is 1.26 bits per heavy atom. The van der Waals surface area contributed by atoms with Crippen molar-refractivity contribution < 1.29 is 19.4 Å². The van der Waals surface area contributed by atoms with Crippen molar-refractivity contribution in [2.24, 2.45) is 23.7 Å². The molecule has 0 saturated carbocycles. The van der Waals surface area contributed by atoms with Crippen LogP contribution in [0.1, 0.15) is 73.8 Å². The molecule has 0 spiro atoms. The smallest absolute Gasteiger partial charge is 0.306 e. The van der Waals surface area contributed by atoms with E-state index in [0.717, 1.165) is 17.4 Å². The molecule has 4 nitrogen and oxygen atoms in total. The van der Waals surface area contributed by atoms with E-state index in [0.29, 0.717) is 18.9 Å². The molecular formula is C23H40O4. The summed E-state index contributed by atoms with van der Waals surface area (Å²) in [7, 11) is 0. The zero-order valence-corrected chi connectivity index (χ0v) is 18.5. The van der Waals surface area contributed by atoms with Gasteiger partial charge >= 0.3 is 11.9 Å². The lowest BCUT2D eigenvalue weighted by Gasteiger charge is -2.06. The average molecular weight is 381 g/mol. The number of ether oxygens (including phenoxy) is 1. The maximum Gasteiger partial charge on any atom is 0.306 e. The third-order valence-electron chi connectivity index (χ3n) is 3.73. The van der Waals surface area contributed by atoms with Gasteiger partial charge in [0.2, 0.25) is 0 Å². The van der Waals surface area contributed by atoms with Gasteiger partial charge < -0.3 is 9.84 Å². The van der Waals surface area contributed by atoms with Crippen LogP contribution < -0.4 is 0 Å². The van der Waals surface area contributed by atoms with Crippen LogP contribution in [0.25, 0.3) is 0 Å². The highest BCUT2D eigenvalue weighted by atomic mass is 16.5. The highest BCUT2D eigenvalue weighted by Crippen LogP contribution is 2.06. The van der Waals surface area contributed by atoms with Crippen LogP contribution in [0.4, 0.5) is 0 Å². The maximum atomic E-state index is 11.2. The van der Waals surface area contributed by atoms with Crippen molar-refractivity contribution in [2.45, 2.75) is 74.8 Å². The van der Waals surface area contributed by atoms with Gasteiger partial charge in [-0.05, 0) is 29.2 Å². The molecule has 0 heterocycles. The molecule has 0 aliphatic carbocycles. The summed E-state index contributed by atoms with van der Waals surface area (Å²) < 4.78 is 5.10. The molecule has 156 valence electrons. The number of hydrogen-bond acceptors (Lipinski definition) is 3. The van der Waals surface area contributed by atoms with Crippen molar-refractivity contribution in [3.8, 4) is 0 Å². The van der Waals surface area contributed by atoms with Crippen LogP contribution in [-0.4, -0.2) is 17.0 Å². The summed E-state index contributed by atoms with van der Waals surface area (Å²) >= 11 is 0. The van der Waals surface area contributed by atoms with E-state index in [1.54, 1.807) is 0 Å². The van der Waals surface area contributed by atoms with Crippen molar-refractivity contribution in [2.75, 3.05) is 0 Å². The Morgan fingerprint density at radius 1 is 0.815 bits per heavy atom. The molecule has 27 heavy (non-hydrogen) atoms. The molecule has 0 aliphatic heterocycles. The second-order valence-corrected chi connectivity index (χ2v) is 8.22. The lowest BCUT2D eigenvalue weighted by molar-refractivity contribution is -0.145. The van der Waals surface area contributed by atoms with Gasteiger partial charge in [0.25, 0.3) is 0 Å². The van der Waals surface area contributed by atoms with E-state index in [-0.39, 0.29) is 18.3 Å². The minimum atomic E-state index is -0.713. The Bertz CT molecular complexity index is 484. The number of hydrogen-bond donors (Lipinski definition) is 1. The highest BCUT2D eigenvalue weighted by molar-refractivity contribution is 5.69. The summed E-state index contributed by atoms with van der Waals surface area (Å²) in [6, 6.07) is 9.71. The second-order valence-electron chi connectivity index (χ2n) is 8.22. The van der Waals surface area contributed by atoms with Crippen molar-refractivity contribution in [1.82, 2.24) is 0 Å². The fourth-order valence-corrected chi connectivity index (χ4v) is 1.48. The summed E-state index contributed by atoms with van der Waals surface area (Å²) in [5, 5.41) is 8.08. The lowest BCUT2D eigenvalue weighted by Crippen LogP contribution is -2.07. The minimum absolute atomic E-state index is 0.121. The first-order valence-corrected chi connectivity index (χ1v) is 9.86. The summed E-state index contributed by atoms with van der Waals surface area (Å²) in [6.07, 6.45) is 0.771. The molecule has 0 aromatic heterocycles. The number of esters is 1. The third kappa shape index (κ3) is 22.1. The van der Waals surface area contributed by atoms with Crippen LogP contribution in [-0.2, 0) is 20.9 Å². The lowest BCUT2D eigenvalue weighted by atomic mass is 10.0. The van der Waals surface area contributed by atoms with E-state index in [2.05, 4.69) is 27.7 Å². The van der Waals surface area contributed by atoms with Gasteiger partial charge in [0.1, 0.15) is 6.61 Å². The van der Waals surface area contributed by atoms with E-state index in [1.807, 2.05) is 58.0 Å². The fourth-order valence-electron chi connectivity index (χ4n) is 1.48. The van der Waals surface area contributed by atoms with Crippen molar-refractivity contribution >= 4 is 11.9 Å². The van der Waals surface area contributed by atoms with E-state index in [4.69, 9.17) is 9.84 Å². The summed E-state index contributed by atoms with van der Waals surface area (Å²) in [4.78, 5) is 21.0. The number of carboxylic acid groups (broad SMARTS) is 1. The fraction of sp³-hybridized carbons (Fsp3) is 0.652. The summed E-state index contributed by atoms with van der Waals surface area (Å²) in [6.45, 7) is 17.1. The Morgan fingerprint density at radius 3 is 1.56 bits per heavy atom. The molecule has 1 aromatic rings. The average Bonchev–Trinajstić information content (AvgIpc) is 2.53. The SMILES string of the molecule is CC(C)C(C)C.CC(C)CC(=O)O.CC(C)CC(=O)OCc1ccccc1. The number of carbonyl (C=O) groups excluding carboxylic acids is 1. The molecule has 1 N–H and O–H groups in total. The van der Waals surface area contributed by atoms with E-state index in [9.17, 15) is 9.59 Å². The van der Waals surface area contributed by atoms with Gasteiger partial charge in [-0.1, -0.05) is 85.7 Å². The number of carbonyl (C=O) groups is 2. The van der Waals surface area contributed by atoms with Crippen LogP contribution in [0.15, 0.2) is 30.3 Å². The number of aliphatic carboxylic acids is 1. The highest BCUT2D eigenvalue weighted by Gasteiger charge is 2.05. The van der Waals surface area contributed by atoms with E-state index >= 15 is 0 Å². The van der Waals surface area contributed by atoms with Crippen molar-refractivity contribution in [3.63, 3.8) is 0 Å². The van der Waals surface area contributed by atoms with Gasteiger partial charge in [0.05, 0.1) is 0 Å². The minimum Gasteiger partial charge on any atom is -0.481 e.